The molecule has 2 heterocycles. The lowest BCUT2D eigenvalue weighted by Crippen LogP contribution is -2.54. The van der Waals surface area contributed by atoms with Crippen molar-refractivity contribution >= 4 is 33.5 Å². The Kier molecular flexibility index (Phi) is 5.55. The van der Waals surface area contributed by atoms with Crippen LogP contribution >= 0.6 is 0 Å². The van der Waals surface area contributed by atoms with Crippen molar-refractivity contribution in [3.63, 3.8) is 0 Å². The summed E-state index contributed by atoms with van der Waals surface area (Å²) in [7, 11) is -3.80. The zero-order valence-corrected chi connectivity index (χ0v) is 18.0. The molecule has 0 radical (unpaired) electrons. The average Bonchev–Trinajstić information content (AvgIpc) is 2.98. The minimum absolute atomic E-state index is 0.0204. The average molecular weight is 456 g/mol. The van der Waals surface area contributed by atoms with Gasteiger partial charge in [0, 0.05) is 6.42 Å². The first-order valence-electron chi connectivity index (χ1n) is 10.0. The number of carbonyl (C=O) groups is 4. The fourth-order valence-corrected chi connectivity index (χ4v) is 5.38. The minimum Gasteiger partial charge on any atom is -0.493 e. The molecule has 9 nitrogen and oxygen atoms in total. The molecule has 4 rings (SSSR count). The van der Waals surface area contributed by atoms with Crippen LogP contribution in [-0.4, -0.2) is 49.6 Å². The van der Waals surface area contributed by atoms with Crippen molar-refractivity contribution in [2.24, 2.45) is 0 Å². The van der Waals surface area contributed by atoms with Crippen molar-refractivity contribution in [2.45, 2.75) is 36.5 Å². The van der Waals surface area contributed by atoms with E-state index in [-0.39, 0.29) is 34.6 Å². The molecule has 0 aromatic heterocycles. The molecule has 166 valence electrons. The van der Waals surface area contributed by atoms with Gasteiger partial charge in [-0.1, -0.05) is 18.2 Å². The third-order valence-electron chi connectivity index (χ3n) is 5.34. The molecule has 2 aliphatic heterocycles. The van der Waals surface area contributed by atoms with Crippen LogP contribution in [0.5, 0.6) is 5.75 Å². The third-order valence-corrected chi connectivity index (χ3v) is 7.07. The van der Waals surface area contributed by atoms with E-state index in [1.54, 1.807) is 25.1 Å². The van der Waals surface area contributed by atoms with Gasteiger partial charge in [0.2, 0.25) is 11.8 Å². The number of benzene rings is 2. The number of fused-ring (bicyclic) bond motifs is 1. The number of sulfone groups is 1. The summed E-state index contributed by atoms with van der Waals surface area (Å²) in [6, 6.07) is 9.43. The van der Waals surface area contributed by atoms with E-state index in [2.05, 4.69) is 5.32 Å². The molecule has 32 heavy (non-hydrogen) atoms. The Bertz CT molecular complexity index is 1250. The summed E-state index contributed by atoms with van der Waals surface area (Å²) in [5.41, 5.74) is 0.447. The van der Waals surface area contributed by atoms with Gasteiger partial charge in [-0.15, -0.1) is 0 Å². The van der Waals surface area contributed by atoms with Crippen molar-refractivity contribution < 1.29 is 32.3 Å². The smallest absolute Gasteiger partial charge is 0.262 e. The van der Waals surface area contributed by atoms with E-state index in [0.29, 0.717) is 12.2 Å². The van der Waals surface area contributed by atoms with E-state index >= 15 is 0 Å². The largest absolute Gasteiger partial charge is 0.493 e. The maximum atomic E-state index is 13.0. The predicted octanol–water partition coefficient (Wildman–Crippen LogP) is 1.46. The lowest BCUT2D eigenvalue weighted by atomic mass is 10.0. The Morgan fingerprint density at radius 2 is 1.75 bits per heavy atom. The molecule has 2 aromatic rings. The number of imide groups is 2. The van der Waals surface area contributed by atoms with Crippen LogP contribution < -0.4 is 10.1 Å². The maximum absolute atomic E-state index is 13.0. The summed E-state index contributed by atoms with van der Waals surface area (Å²) in [6.45, 7) is 2.05. The first-order chi connectivity index (χ1) is 15.2. The molecule has 0 saturated carbocycles. The normalized spacial score (nSPS) is 18.5. The number of para-hydroxylation sites is 1. The van der Waals surface area contributed by atoms with Crippen LogP contribution in [0.3, 0.4) is 0 Å². The van der Waals surface area contributed by atoms with Gasteiger partial charge in [0.25, 0.3) is 11.8 Å². The first-order valence-corrected chi connectivity index (χ1v) is 11.7. The number of rotatable bonds is 6. The first kappa shape index (κ1) is 21.7. The zero-order valence-electron chi connectivity index (χ0n) is 17.2. The molecular weight excluding hydrogens is 436 g/mol. The van der Waals surface area contributed by atoms with Crippen molar-refractivity contribution in [2.75, 3.05) is 6.61 Å². The fourth-order valence-electron chi connectivity index (χ4n) is 3.89. The van der Waals surface area contributed by atoms with Crippen molar-refractivity contribution in [3.8, 4) is 5.75 Å². The number of piperidine rings is 1. The van der Waals surface area contributed by atoms with Gasteiger partial charge >= 0.3 is 0 Å². The molecule has 10 heteroatoms. The SMILES string of the molecule is CCOc1ccccc1S(=O)(=O)Cc1ccc2c(c1)C(=O)N(C1CCC(=O)NC1=O)C2=O. The summed E-state index contributed by atoms with van der Waals surface area (Å²) in [5.74, 6) is -2.64. The Labute approximate surface area is 184 Å². The predicted molar refractivity (Wildman–Crippen MR) is 112 cm³/mol. The molecule has 1 atom stereocenters. The van der Waals surface area contributed by atoms with E-state index in [9.17, 15) is 27.6 Å². The highest BCUT2D eigenvalue weighted by Gasteiger charge is 2.44. The Balaban J connectivity index is 1.62. The summed E-state index contributed by atoms with van der Waals surface area (Å²) >= 11 is 0. The maximum Gasteiger partial charge on any atom is 0.262 e. The highest BCUT2D eigenvalue weighted by atomic mass is 32.2. The number of amides is 4. The number of nitrogens with one attached hydrogen (secondary N) is 1. The highest BCUT2D eigenvalue weighted by molar-refractivity contribution is 7.90. The molecule has 4 amide bonds. The van der Waals surface area contributed by atoms with Gasteiger partial charge in [-0.05, 0) is 43.2 Å². The monoisotopic (exact) mass is 456 g/mol. The lowest BCUT2D eigenvalue weighted by Gasteiger charge is -2.27. The summed E-state index contributed by atoms with van der Waals surface area (Å²) < 4.78 is 31.4. The van der Waals surface area contributed by atoms with E-state index in [1.165, 1.54) is 24.3 Å². The quantitative estimate of drug-likeness (QED) is 0.652. The van der Waals surface area contributed by atoms with Gasteiger partial charge in [0.1, 0.15) is 16.7 Å². The highest BCUT2D eigenvalue weighted by Crippen LogP contribution is 2.31. The standard InChI is InChI=1S/C22H20N2O7S/c1-2-31-17-5-3-4-6-18(17)32(29,30)12-13-7-8-14-15(11-13)22(28)24(21(14)27)16-9-10-19(25)23-20(16)26/h3-8,11,16H,2,9-10,12H2,1H3,(H,23,25,26). The van der Waals surface area contributed by atoms with Crippen LogP contribution in [0.15, 0.2) is 47.4 Å². The van der Waals surface area contributed by atoms with Gasteiger partial charge in [-0.2, -0.15) is 0 Å². The molecule has 0 spiro atoms. The molecule has 0 bridgehead atoms. The Hall–Kier alpha value is -3.53. The van der Waals surface area contributed by atoms with Crippen molar-refractivity contribution in [3.05, 3.63) is 59.2 Å². The van der Waals surface area contributed by atoms with Crippen LogP contribution in [-0.2, 0) is 25.2 Å². The number of carbonyl (C=O) groups excluding carboxylic acids is 4. The summed E-state index contributed by atoms with van der Waals surface area (Å²) in [5, 5.41) is 2.14. The third kappa shape index (κ3) is 3.77. The number of nitrogens with zero attached hydrogens (tertiary/aromatic N) is 1. The zero-order chi connectivity index (χ0) is 23.0. The van der Waals surface area contributed by atoms with Crippen molar-refractivity contribution in [1.29, 1.82) is 0 Å². The Morgan fingerprint density at radius 1 is 1.03 bits per heavy atom. The van der Waals surface area contributed by atoms with Crippen molar-refractivity contribution in [1.82, 2.24) is 10.2 Å². The molecule has 2 aromatic carbocycles. The van der Waals surface area contributed by atoms with Crippen LogP contribution in [0, 0.1) is 0 Å². The molecule has 1 unspecified atom stereocenters. The second-order valence-corrected chi connectivity index (χ2v) is 9.42. The minimum atomic E-state index is -3.80. The number of ether oxygens (including phenoxy) is 1. The van der Waals surface area contributed by atoms with Crippen LogP contribution in [0.4, 0.5) is 0 Å². The van der Waals surface area contributed by atoms with Gasteiger partial charge < -0.3 is 4.74 Å². The van der Waals surface area contributed by atoms with Crippen LogP contribution in [0.2, 0.25) is 0 Å². The van der Waals surface area contributed by atoms with E-state index in [4.69, 9.17) is 4.74 Å². The molecule has 1 fully saturated rings. The molecular formula is C22H20N2O7S. The second kappa shape index (κ2) is 8.19. The molecule has 1 N–H and O–H groups in total. The lowest BCUT2D eigenvalue weighted by molar-refractivity contribution is -0.136. The van der Waals surface area contributed by atoms with E-state index < -0.39 is 45.3 Å². The van der Waals surface area contributed by atoms with Crippen LogP contribution in [0.25, 0.3) is 0 Å². The fraction of sp³-hybridized carbons (Fsp3) is 0.273. The second-order valence-electron chi connectivity index (χ2n) is 7.47. The molecule has 1 saturated heterocycles. The van der Waals surface area contributed by atoms with Gasteiger partial charge in [0.15, 0.2) is 9.84 Å². The topological polar surface area (TPSA) is 127 Å². The molecule has 2 aliphatic rings. The van der Waals surface area contributed by atoms with Crippen LogP contribution in [0.1, 0.15) is 46.0 Å². The Morgan fingerprint density at radius 3 is 2.47 bits per heavy atom. The van der Waals surface area contributed by atoms with E-state index in [1.807, 2.05) is 0 Å². The number of hydrogen-bond acceptors (Lipinski definition) is 7. The molecule has 0 aliphatic carbocycles. The van der Waals surface area contributed by atoms with Gasteiger partial charge in [-0.25, -0.2) is 8.42 Å². The summed E-state index contributed by atoms with van der Waals surface area (Å²) in [4.78, 5) is 50.1. The summed E-state index contributed by atoms with van der Waals surface area (Å²) in [6.07, 6.45) is 0.0676. The number of hydrogen-bond donors (Lipinski definition) is 1. The van der Waals surface area contributed by atoms with E-state index in [0.717, 1.165) is 4.90 Å². The van der Waals surface area contributed by atoms with Gasteiger partial charge in [0.05, 0.1) is 23.5 Å². The van der Waals surface area contributed by atoms with Gasteiger partial charge in [-0.3, -0.25) is 29.4 Å².